The van der Waals surface area contributed by atoms with Crippen LogP contribution in [0.15, 0.2) is 78.9 Å². The van der Waals surface area contributed by atoms with Gasteiger partial charge in [0.1, 0.15) is 5.75 Å². The first-order chi connectivity index (χ1) is 20.8. The second-order valence-corrected chi connectivity index (χ2v) is 15.5. The van der Waals surface area contributed by atoms with Crippen molar-refractivity contribution in [1.29, 1.82) is 0 Å². The number of hydrogen-bond donors (Lipinski definition) is 1. The smallest absolute Gasteiger partial charge is 0.237 e. The van der Waals surface area contributed by atoms with E-state index in [2.05, 4.69) is 70.9 Å². The Morgan fingerprint density at radius 2 is 1.49 bits per heavy atom. The topological polar surface area (TPSA) is 61.9 Å². The third-order valence-electron chi connectivity index (χ3n) is 10.3. The molecule has 6 nitrogen and oxygen atoms in total. The zero-order valence-electron chi connectivity index (χ0n) is 26.0. The summed E-state index contributed by atoms with van der Waals surface area (Å²) in [6, 6.07) is 29.8. The lowest BCUT2D eigenvalue weighted by Crippen LogP contribution is -2.70. The molecule has 3 aromatic carbocycles. The van der Waals surface area contributed by atoms with Gasteiger partial charge in [-0.15, -0.1) is 0 Å². The Kier molecular flexibility index (Phi) is 8.86. The summed E-state index contributed by atoms with van der Waals surface area (Å²) in [7, 11) is -0.104. The summed E-state index contributed by atoms with van der Waals surface area (Å²) in [5.41, 5.74) is 4.38. The Morgan fingerprint density at radius 3 is 2.02 bits per heavy atom. The lowest BCUT2D eigenvalue weighted by Gasteiger charge is -2.60. The minimum absolute atomic E-state index is 0.252. The number of nitrogens with one attached hydrogen (secondary N) is 1. The van der Waals surface area contributed by atoms with Crippen LogP contribution >= 0.6 is 0 Å². The fourth-order valence-corrected chi connectivity index (χ4v) is 9.28. The third kappa shape index (κ3) is 5.84. The van der Waals surface area contributed by atoms with Crippen LogP contribution in [0, 0.1) is 5.92 Å². The molecule has 0 aromatic heterocycles. The maximum absolute atomic E-state index is 13.0. The Morgan fingerprint density at radius 1 is 0.907 bits per heavy atom. The zero-order chi connectivity index (χ0) is 30.1. The first-order valence-electron chi connectivity index (χ1n) is 16.0. The minimum Gasteiger partial charge on any atom is -0.496 e. The molecule has 4 bridgehead atoms. The van der Waals surface area contributed by atoms with Gasteiger partial charge in [0, 0.05) is 49.2 Å². The zero-order valence-corrected chi connectivity index (χ0v) is 26.8. The van der Waals surface area contributed by atoms with Crippen molar-refractivity contribution in [2.45, 2.75) is 94.3 Å². The molecule has 0 spiro atoms. The number of nitrogens with zero attached hydrogens (tertiary/aromatic N) is 2. The van der Waals surface area contributed by atoms with E-state index in [9.17, 15) is 8.42 Å². The van der Waals surface area contributed by atoms with Gasteiger partial charge in [-0.25, -0.2) is 8.42 Å². The molecule has 4 unspecified atom stereocenters. The molecule has 4 aliphatic heterocycles. The third-order valence-corrected chi connectivity index (χ3v) is 12.5. The summed E-state index contributed by atoms with van der Waals surface area (Å²) in [6.45, 7) is 4.06. The maximum Gasteiger partial charge on any atom is 0.237 e. The molecule has 4 aliphatic rings. The monoisotopic (exact) mass is 601 g/mol. The van der Waals surface area contributed by atoms with Crippen molar-refractivity contribution < 1.29 is 13.2 Å². The van der Waals surface area contributed by atoms with Gasteiger partial charge in [0.25, 0.3) is 0 Å². The Hall–Kier alpha value is -2.87. The van der Waals surface area contributed by atoms with E-state index in [-0.39, 0.29) is 5.92 Å². The molecule has 43 heavy (non-hydrogen) atoms. The number of anilines is 1. The van der Waals surface area contributed by atoms with Gasteiger partial charge in [0.2, 0.25) is 10.0 Å². The molecule has 7 heteroatoms. The van der Waals surface area contributed by atoms with Crippen LogP contribution in [-0.2, 0) is 16.6 Å². The Balaban J connectivity index is 1.38. The van der Waals surface area contributed by atoms with Gasteiger partial charge in [0.05, 0.1) is 18.0 Å². The molecule has 3 aromatic rings. The second kappa shape index (κ2) is 12.6. The number of benzene rings is 3. The summed E-state index contributed by atoms with van der Waals surface area (Å²) in [4.78, 5) is 2.94. The van der Waals surface area contributed by atoms with E-state index in [1.54, 1.807) is 28.0 Å². The molecular formula is C36H47N3O3S. The SMILES string of the molecule is COc1ccc(N(C)S(=O)(=O)C(C)C)cc1CNC1C2CC3CCCCC(C2)N3C1C(c1ccccc1)c1ccccc1. The number of ether oxygens (including phenoxy) is 1. The van der Waals surface area contributed by atoms with Gasteiger partial charge in [0.15, 0.2) is 0 Å². The summed E-state index contributed by atoms with van der Waals surface area (Å²) in [5.74, 6) is 1.62. The summed E-state index contributed by atoms with van der Waals surface area (Å²) in [5, 5.41) is 3.57. The van der Waals surface area contributed by atoms with E-state index in [0.29, 0.717) is 42.3 Å². The molecule has 0 amide bonds. The van der Waals surface area contributed by atoms with Gasteiger partial charge < -0.3 is 10.1 Å². The van der Waals surface area contributed by atoms with E-state index in [1.165, 1.54) is 54.0 Å². The molecule has 4 fully saturated rings. The van der Waals surface area contributed by atoms with Crippen LogP contribution in [-0.4, -0.2) is 56.9 Å². The van der Waals surface area contributed by atoms with Crippen molar-refractivity contribution in [3.05, 3.63) is 95.6 Å². The summed E-state index contributed by atoms with van der Waals surface area (Å²) >= 11 is 0. The fraction of sp³-hybridized carbons (Fsp3) is 0.500. The number of sulfonamides is 1. The molecule has 4 heterocycles. The standard InChI is InChI=1S/C36H47N3O3S/c1-25(2)43(40,41)38(3)30-19-20-33(42-4)29(23-30)24-37-35-28-21-31-17-11-12-18-32(22-28)39(31)36(35)34(26-13-7-5-8-14-26)27-15-9-6-10-16-27/h5-10,13-16,19-20,23,25,28,31-32,34-37H,11-12,17-18,21-22,24H2,1-4H3. The van der Waals surface area contributed by atoms with E-state index in [1.807, 2.05) is 18.2 Å². The van der Waals surface area contributed by atoms with Crippen molar-refractivity contribution >= 4 is 15.7 Å². The predicted molar refractivity (Wildman–Crippen MR) is 175 cm³/mol. The molecule has 0 radical (unpaired) electrons. The van der Waals surface area contributed by atoms with Crippen LogP contribution in [0.4, 0.5) is 5.69 Å². The normalized spacial score (nSPS) is 26.8. The molecule has 4 saturated heterocycles. The van der Waals surface area contributed by atoms with Crippen molar-refractivity contribution in [2.75, 3.05) is 18.5 Å². The first kappa shape index (κ1) is 30.2. The number of rotatable bonds is 10. The van der Waals surface area contributed by atoms with E-state index >= 15 is 0 Å². The molecule has 0 aliphatic carbocycles. The highest BCUT2D eigenvalue weighted by atomic mass is 32.2. The van der Waals surface area contributed by atoms with Crippen molar-refractivity contribution in [3.63, 3.8) is 0 Å². The van der Waals surface area contributed by atoms with Gasteiger partial charge in [-0.1, -0.05) is 73.5 Å². The largest absolute Gasteiger partial charge is 0.496 e. The van der Waals surface area contributed by atoms with Crippen molar-refractivity contribution in [1.82, 2.24) is 10.2 Å². The highest BCUT2D eigenvalue weighted by molar-refractivity contribution is 7.93. The molecular weight excluding hydrogens is 554 g/mol. The quantitative estimate of drug-likeness (QED) is 0.285. The van der Waals surface area contributed by atoms with Crippen LogP contribution < -0.4 is 14.4 Å². The Bertz CT molecular complexity index is 1420. The summed E-state index contributed by atoms with van der Waals surface area (Å²) in [6.07, 6.45) is 7.72. The van der Waals surface area contributed by atoms with Gasteiger partial charge in [-0.3, -0.25) is 9.21 Å². The van der Waals surface area contributed by atoms with Gasteiger partial charge >= 0.3 is 0 Å². The maximum atomic E-state index is 13.0. The van der Waals surface area contributed by atoms with Crippen LogP contribution in [0.5, 0.6) is 5.75 Å². The van der Waals surface area contributed by atoms with E-state index < -0.39 is 15.3 Å². The Labute approximate surface area is 258 Å². The minimum atomic E-state index is -3.44. The lowest BCUT2D eigenvalue weighted by atomic mass is 9.66. The number of piperidine rings is 3. The van der Waals surface area contributed by atoms with Crippen LogP contribution in [0.1, 0.15) is 75.0 Å². The molecule has 230 valence electrons. The second-order valence-electron chi connectivity index (χ2n) is 13.0. The average molecular weight is 602 g/mol. The molecule has 7 rings (SSSR count). The van der Waals surface area contributed by atoms with Crippen LogP contribution in [0.25, 0.3) is 0 Å². The predicted octanol–water partition coefficient (Wildman–Crippen LogP) is 6.57. The first-order valence-corrected chi connectivity index (χ1v) is 17.5. The molecule has 0 saturated carbocycles. The summed E-state index contributed by atoms with van der Waals surface area (Å²) < 4.78 is 33.1. The highest BCUT2D eigenvalue weighted by Gasteiger charge is 2.54. The fourth-order valence-electron chi connectivity index (χ4n) is 8.24. The van der Waals surface area contributed by atoms with Crippen molar-refractivity contribution in [2.24, 2.45) is 5.92 Å². The number of hydrogen-bond acceptors (Lipinski definition) is 5. The van der Waals surface area contributed by atoms with Crippen molar-refractivity contribution in [3.8, 4) is 5.75 Å². The van der Waals surface area contributed by atoms with Crippen LogP contribution in [0.3, 0.4) is 0 Å². The highest BCUT2D eigenvalue weighted by Crippen LogP contribution is 2.50. The number of methoxy groups -OCH3 is 1. The van der Waals surface area contributed by atoms with E-state index in [0.717, 1.165) is 11.3 Å². The lowest BCUT2D eigenvalue weighted by molar-refractivity contribution is -0.0771. The van der Waals surface area contributed by atoms with Gasteiger partial charge in [-0.2, -0.15) is 0 Å². The van der Waals surface area contributed by atoms with E-state index in [4.69, 9.17) is 4.74 Å². The molecule has 4 atom stereocenters. The van der Waals surface area contributed by atoms with Gasteiger partial charge in [-0.05, 0) is 74.8 Å². The van der Waals surface area contributed by atoms with Crippen LogP contribution in [0.2, 0.25) is 0 Å². The molecule has 1 N–H and O–H groups in total. The number of fused-ring (bicyclic) bond motifs is 1. The average Bonchev–Trinajstić information content (AvgIpc) is 3.17.